The summed E-state index contributed by atoms with van der Waals surface area (Å²) in [5.41, 5.74) is 7.41. The van der Waals surface area contributed by atoms with Gasteiger partial charge in [0.2, 0.25) is 5.91 Å². The number of likely N-dealkylation sites (tertiary alicyclic amines) is 1. The molecule has 2 rings (SSSR count). The lowest BCUT2D eigenvalue weighted by Gasteiger charge is -2.15. The first-order valence-corrected chi connectivity index (χ1v) is 6.82. The Morgan fingerprint density at radius 2 is 2.15 bits per heavy atom. The molecule has 20 heavy (non-hydrogen) atoms. The molecule has 1 saturated heterocycles. The van der Waals surface area contributed by atoms with Crippen molar-refractivity contribution in [1.82, 2.24) is 4.90 Å². The van der Waals surface area contributed by atoms with E-state index < -0.39 is 11.9 Å². The van der Waals surface area contributed by atoms with Crippen molar-refractivity contribution in [3.63, 3.8) is 0 Å². The molecule has 3 N–H and O–H groups in total. The first kappa shape index (κ1) is 14.4. The largest absolute Gasteiger partial charge is 0.481 e. The van der Waals surface area contributed by atoms with Crippen molar-refractivity contribution < 1.29 is 14.7 Å². The van der Waals surface area contributed by atoms with Gasteiger partial charge in [-0.1, -0.05) is 19.1 Å². The predicted molar refractivity (Wildman–Crippen MR) is 76.0 cm³/mol. The van der Waals surface area contributed by atoms with Crippen molar-refractivity contribution in [3.8, 4) is 0 Å². The second-order valence-electron chi connectivity index (χ2n) is 5.47. The van der Waals surface area contributed by atoms with E-state index in [-0.39, 0.29) is 11.8 Å². The molecule has 5 heteroatoms. The Bertz CT molecular complexity index is 516. The second-order valence-corrected chi connectivity index (χ2v) is 5.47. The average molecular weight is 276 g/mol. The highest BCUT2D eigenvalue weighted by atomic mass is 16.4. The van der Waals surface area contributed by atoms with E-state index in [1.807, 2.05) is 31.2 Å². The molecule has 1 aliphatic rings. The Balaban J connectivity index is 1.88. The van der Waals surface area contributed by atoms with Crippen LogP contribution in [0.3, 0.4) is 0 Å². The monoisotopic (exact) mass is 276 g/mol. The van der Waals surface area contributed by atoms with Crippen molar-refractivity contribution in [2.24, 2.45) is 11.8 Å². The van der Waals surface area contributed by atoms with Crippen LogP contribution in [0.2, 0.25) is 0 Å². The van der Waals surface area contributed by atoms with Crippen LogP contribution >= 0.6 is 0 Å². The van der Waals surface area contributed by atoms with Gasteiger partial charge in [-0.25, -0.2) is 0 Å². The standard InChI is InChI=1S/C15H20N2O3/c1-10-8-17(9-13(10)15(19)20)14(18)6-5-11-3-2-4-12(16)7-11/h2-4,7,10,13H,5-6,8-9,16H2,1H3,(H,19,20)/t10-,13-/m1/s1. The lowest BCUT2D eigenvalue weighted by molar-refractivity contribution is -0.142. The van der Waals surface area contributed by atoms with E-state index in [2.05, 4.69) is 0 Å². The number of aryl methyl sites for hydroxylation is 1. The third-order valence-corrected chi connectivity index (χ3v) is 3.86. The number of aliphatic carboxylic acids is 1. The van der Waals surface area contributed by atoms with Gasteiger partial charge in [-0.2, -0.15) is 0 Å². The van der Waals surface area contributed by atoms with Crippen LogP contribution in [0.25, 0.3) is 0 Å². The second kappa shape index (κ2) is 5.94. The molecular weight excluding hydrogens is 256 g/mol. The number of nitrogens with two attached hydrogens (primary N) is 1. The first-order valence-electron chi connectivity index (χ1n) is 6.82. The van der Waals surface area contributed by atoms with Crippen LogP contribution < -0.4 is 5.73 Å². The number of anilines is 1. The Labute approximate surface area is 118 Å². The molecule has 108 valence electrons. The van der Waals surface area contributed by atoms with Crippen molar-refractivity contribution in [2.75, 3.05) is 18.8 Å². The molecule has 0 unspecified atom stereocenters. The van der Waals surface area contributed by atoms with Gasteiger partial charge in [0.15, 0.2) is 0 Å². The van der Waals surface area contributed by atoms with E-state index in [4.69, 9.17) is 10.8 Å². The molecule has 1 amide bonds. The number of benzene rings is 1. The van der Waals surface area contributed by atoms with E-state index in [9.17, 15) is 9.59 Å². The number of rotatable bonds is 4. The summed E-state index contributed by atoms with van der Waals surface area (Å²) in [6.07, 6.45) is 1.02. The quantitative estimate of drug-likeness (QED) is 0.814. The summed E-state index contributed by atoms with van der Waals surface area (Å²) in [4.78, 5) is 24.8. The highest BCUT2D eigenvalue weighted by molar-refractivity contribution is 5.79. The number of carbonyl (C=O) groups excluding carboxylic acids is 1. The Morgan fingerprint density at radius 1 is 1.40 bits per heavy atom. The molecule has 5 nitrogen and oxygen atoms in total. The Morgan fingerprint density at radius 3 is 2.75 bits per heavy atom. The number of carboxylic acids is 1. The van der Waals surface area contributed by atoms with Crippen molar-refractivity contribution in [2.45, 2.75) is 19.8 Å². The first-order chi connectivity index (χ1) is 9.47. The van der Waals surface area contributed by atoms with E-state index >= 15 is 0 Å². The Kier molecular flexibility index (Phi) is 4.27. The van der Waals surface area contributed by atoms with Crippen LogP contribution in [0.15, 0.2) is 24.3 Å². The average Bonchev–Trinajstić information content (AvgIpc) is 2.78. The fourth-order valence-electron chi connectivity index (χ4n) is 2.65. The third-order valence-electron chi connectivity index (χ3n) is 3.86. The number of hydrogen-bond donors (Lipinski definition) is 2. The van der Waals surface area contributed by atoms with Gasteiger partial charge in [0, 0.05) is 25.2 Å². The normalized spacial score (nSPS) is 21.9. The van der Waals surface area contributed by atoms with Crippen LogP contribution in [0.4, 0.5) is 5.69 Å². The summed E-state index contributed by atoms with van der Waals surface area (Å²) in [5, 5.41) is 9.07. The van der Waals surface area contributed by atoms with E-state index in [0.717, 1.165) is 5.56 Å². The molecule has 1 heterocycles. The number of hydrogen-bond acceptors (Lipinski definition) is 3. The highest BCUT2D eigenvalue weighted by Crippen LogP contribution is 2.24. The SMILES string of the molecule is C[C@@H]1CN(C(=O)CCc2cccc(N)c2)C[C@H]1C(=O)O. The topological polar surface area (TPSA) is 83.6 Å². The molecule has 1 aliphatic heterocycles. The number of carboxylic acid groups (broad SMARTS) is 1. The van der Waals surface area contributed by atoms with Gasteiger partial charge in [0.1, 0.15) is 0 Å². The predicted octanol–water partition coefficient (Wildman–Crippen LogP) is 1.38. The zero-order valence-electron chi connectivity index (χ0n) is 11.6. The molecular formula is C15H20N2O3. The summed E-state index contributed by atoms with van der Waals surface area (Å²) in [5.74, 6) is -1.22. The molecule has 0 saturated carbocycles. The van der Waals surface area contributed by atoms with Gasteiger partial charge < -0.3 is 15.7 Å². The highest BCUT2D eigenvalue weighted by Gasteiger charge is 2.36. The van der Waals surface area contributed by atoms with Gasteiger partial charge in [-0.05, 0) is 30.0 Å². The van der Waals surface area contributed by atoms with Crippen LogP contribution in [-0.4, -0.2) is 35.0 Å². The minimum Gasteiger partial charge on any atom is -0.481 e. The van der Waals surface area contributed by atoms with E-state index in [1.165, 1.54) is 0 Å². The van der Waals surface area contributed by atoms with Gasteiger partial charge in [-0.15, -0.1) is 0 Å². The van der Waals surface area contributed by atoms with E-state index in [0.29, 0.717) is 31.6 Å². The molecule has 0 spiro atoms. The molecule has 1 fully saturated rings. The van der Waals surface area contributed by atoms with Crippen molar-refractivity contribution in [3.05, 3.63) is 29.8 Å². The maximum Gasteiger partial charge on any atom is 0.308 e. The third kappa shape index (κ3) is 3.29. The maximum absolute atomic E-state index is 12.1. The zero-order chi connectivity index (χ0) is 14.7. The summed E-state index contributed by atoms with van der Waals surface area (Å²) in [6, 6.07) is 7.48. The molecule has 1 aromatic rings. The summed E-state index contributed by atoms with van der Waals surface area (Å²) < 4.78 is 0. The van der Waals surface area contributed by atoms with E-state index in [1.54, 1.807) is 4.90 Å². The maximum atomic E-state index is 12.1. The molecule has 0 aromatic heterocycles. The smallest absolute Gasteiger partial charge is 0.308 e. The lowest BCUT2D eigenvalue weighted by Crippen LogP contribution is -2.30. The fraction of sp³-hybridized carbons (Fsp3) is 0.467. The number of amides is 1. The van der Waals surface area contributed by atoms with Gasteiger partial charge in [0.25, 0.3) is 0 Å². The minimum atomic E-state index is -0.816. The zero-order valence-corrected chi connectivity index (χ0v) is 11.6. The fourth-order valence-corrected chi connectivity index (χ4v) is 2.65. The number of carbonyl (C=O) groups is 2. The lowest BCUT2D eigenvalue weighted by atomic mass is 9.99. The summed E-state index contributed by atoms with van der Waals surface area (Å²) in [6.45, 7) is 2.74. The van der Waals surface area contributed by atoms with Gasteiger partial charge in [-0.3, -0.25) is 9.59 Å². The minimum absolute atomic E-state index is 0.0167. The van der Waals surface area contributed by atoms with Crippen molar-refractivity contribution >= 4 is 17.6 Å². The summed E-state index contributed by atoms with van der Waals surface area (Å²) in [7, 11) is 0. The number of nitrogen functional groups attached to an aromatic ring is 1. The molecule has 2 atom stereocenters. The summed E-state index contributed by atoms with van der Waals surface area (Å²) >= 11 is 0. The van der Waals surface area contributed by atoms with Crippen LogP contribution in [0, 0.1) is 11.8 Å². The number of nitrogens with zero attached hydrogens (tertiary/aromatic N) is 1. The molecule has 0 aliphatic carbocycles. The van der Waals surface area contributed by atoms with Gasteiger partial charge >= 0.3 is 5.97 Å². The van der Waals surface area contributed by atoms with Crippen LogP contribution in [-0.2, 0) is 16.0 Å². The van der Waals surface area contributed by atoms with Crippen LogP contribution in [0.1, 0.15) is 18.9 Å². The van der Waals surface area contributed by atoms with Crippen molar-refractivity contribution in [1.29, 1.82) is 0 Å². The Hall–Kier alpha value is -2.04. The molecule has 1 aromatic carbocycles. The molecule has 0 radical (unpaired) electrons. The van der Waals surface area contributed by atoms with Gasteiger partial charge in [0.05, 0.1) is 5.92 Å². The van der Waals surface area contributed by atoms with Crippen LogP contribution in [0.5, 0.6) is 0 Å². The molecule has 0 bridgehead atoms.